The minimum atomic E-state index is -4.57. The van der Waals surface area contributed by atoms with Crippen molar-refractivity contribution in [2.45, 2.75) is 103 Å². The van der Waals surface area contributed by atoms with Crippen molar-refractivity contribution in [3.05, 3.63) is 77.1 Å². The van der Waals surface area contributed by atoms with Gasteiger partial charge >= 0.3 is 12.1 Å². The number of amides is 1. The second kappa shape index (κ2) is 19.6. The van der Waals surface area contributed by atoms with Gasteiger partial charge in [0.25, 0.3) is 0 Å². The summed E-state index contributed by atoms with van der Waals surface area (Å²) in [5.74, 6) is -0.797. The summed E-state index contributed by atoms with van der Waals surface area (Å²) in [4.78, 5) is 31.4. The Hall–Kier alpha value is -3.73. The Morgan fingerprint density at radius 3 is 2.40 bits per heavy atom. The number of ether oxygens (including phenoxy) is 2. The molecule has 8 nitrogen and oxygen atoms in total. The second-order valence-corrected chi connectivity index (χ2v) is 13.3. The number of hydrogen-bond acceptors (Lipinski definition) is 6. The molecule has 0 saturated heterocycles. The van der Waals surface area contributed by atoms with Gasteiger partial charge in [0.05, 0.1) is 31.2 Å². The van der Waals surface area contributed by atoms with Crippen molar-refractivity contribution in [1.82, 2.24) is 14.5 Å². The number of fused-ring (bicyclic) bond motifs is 2. The number of carbonyl (C=O) groups excluding carboxylic acids is 2. The lowest BCUT2D eigenvalue weighted by Crippen LogP contribution is -2.41. The Morgan fingerprint density at radius 2 is 1.66 bits per heavy atom. The third-order valence-electron chi connectivity index (χ3n) is 9.23. The van der Waals surface area contributed by atoms with Crippen LogP contribution in [0.15, 0.2) is 54.7 Å². The first-order chi connectivity index (χ1) is 23.7. The molecule has 2 aliphatic rings. The molecule has 0 radical (unpaired) electrons. The fourth-order valence-corrected chi connectivity index (χ4v) is 6.65. The molecular weight excluding hydrogens is 669 g/mol. The number of hydrogen-bond donors (Lipinski definition) is 1. The number of nitrogens with zero attached hydrogens (tertiary/aromatic N) is 3. The summed E-state index contributed by atoms with van der Waals surface area (Å²) in [7, 11) is 0. The summed E-state index contributed by atoms with van der Waals surface area (Å²) in [5, 5.41) is 3.27. The maximum absolute atomic E-state index is 13.5. The van der Waals surface area contributed by atoms with E-state index >= 15 is 0 Å². The summed E-state index contributed by atoms with van der Waals surface area (Å²) in [6.07, 6.45) is 8.78. The Kier molecular flexibility index (Phi) is 15.3. The Morgan fingerprint density at radius 1 is 0.920 bits per heavy atom. The molecule has 50 heavy (non-hydrogen) atoms. The maximum atomic E-state index is 13.5. The third-order valence-corrected chi connectivity index (χ3v) is 9.23. The molecule has 1 aromatic heterocycles. The van der Waals surface area contributed by atoms with Crippen LogP contribution in [0.2, 0.25) is 0 Å². The lowest BCUT2D eigenvalue weighted by atomic mass is 9.94. The number of imidazole rings is 1. The highest BCUT2D eigenvalue weighted by Crippen LogP contribution is 2.30. The zero-order valence-electron chi connectivity index (χ0n) is 28.7. The quantitative estimate of drug-likeness (QED) is 0.106. The van der Waals surface area contributed by atoms with Crippen molar-refractivity contribution in [1.29, 1.82) is 0 Å². The van der Waals surface area contributed by atoms with E-state index in [1.165, 1.54) is 31.2 Å². The molecule has 2 aliphatic heterocycles. The second-order valence-electron chi connectivity index (χ2n) is 13.3. The molecule has 1 atom stereocenters. The summed E-state index contributed by atoms with van der Waals surface area (Å²) in [6, 6.07) is 15.8. The summed E-state index contributed by atoms with van der Waals surface area (Å²) in [5.41, 5.74) is 3.61. The van der Waals surface area contributed by atoms with Crippen molar-refractivity contribution < 1.29 is 32.2 Å². The number of nitrogens with one attached hydrogen (secondary N) is 1. The van der Waals surface area contributed by atoms with Gasteiger partial charge in [-0.3, -0.25) is 9.59 Å². The molecule has 12 heteroatoms. The smallest absolute Gasteiger partial charge is 0.406 e. The molecule has 3 aromatic rings. The number of esters is 1. The predicted molar refractivity (Wildman–Crippen MR) is 190 cm³/mol. The van der Waals surface area contributed by atoms with Crippen LogP contribution in [0.4, 0.5) is 19.1 Å². The van der Waals surface area contributed by atoms with E-state index in [9.17, 15) is 22.8 Å². The molecule has 0 bridgehead atoms. The molecule has 5 rings (SSSR count). The molecule has 2 aromatic carbocycles. The van der Waals surface area contributed by atoms with E-state index in [0.29, 0.717) is 24.3 Å². The topological polar surface area (TPSA) is 85.7 Å². The number of unbranched alkanes of at least 4 members (excludes halogenated alkanes) is 7. The number of rotatable bonds is 18. The van der Waals surface area contributed by atoms with Crippen molar-refractivity contribution in [3.8, 4) is 5.75 Å². The predicted octanol–water partition coefficient (Wildman–Crippen LogP) is 8.10. The van der Waals surface area contributed by atoms with Gasteiger partial charge < -0.3 is 24.3 Å². The molecule has 0 fully saturated rings. The molecule has 0 unspecified atom stereocenters. The highest BCUT2D eigenvalue weighted by atomic mass is 35.5. The average molecular weight is 719 g/mol. The highest BCUT2D eigenvalue weighted by Gasteiger charge is 2.38. The van der Waals surface area contributed by atoms with Gasteiger partial charge in [0.1, 0.15) is 12.3 Å². The normalized spacial score (nSPS) is 15.7. The van der Waals surface area contributed by atoms with Crippen LogP contribution >= 0.6 is 12.4 Å². The number of aryl methyl sites for hydroxylation is 2. The van der Waals surface area contributed by atoms with Crippen molar-refractivity contribution in [2.24, 2.45) is 5.92 Å². The van der Waals surface area contributed by atoms with Crippen LogP contribution in [0, 0.1) is 5.92 Å². The summed E-state index contributed by atoms with van der Waals surface area (Å²) >= 11 is 0. The van der Waals surface area contributed by atoms with E-state index < -0.39 is 30.5 Å². The summed E-state index contributed by atoms with van der Waals surface area (Å²) < 4.78 is 54.0. The van der Waals surface area contributed by atoms with Gasteiger partial charge in [-0.15, -0.1) is 12.4 Å². The Bertz CT molecular complexity index is 1480. The fraction of sp³-hybridized carbons (Fsp3) is 0.553. The van der Waals surface area contributed by atoms with Crippen molar-refractivity contribution in [2.75, 3.05) is 31.6 Å². The van der Waals surface area contributed by atoms with Crippen LogP contribution in [0.1, 0.15) is 86.6 Å². The molecular formula is C38H50ClF3N4O4. The molecule has 0 saturated carbocycles. The highest BCUT2D eigenvalue weighted by molar-refractivity contribution is 5.85. The SMILES string of the molecule is Cl.O=C(C[C@@H]1Cc2ccc(OCCc3cn4c(n3)NCCC4)cc2CN(CC(F)(F)F)C1=O)OCCCCCCCCCCc1ccccc1. The lowest BCUT2D eigenvalue weighted by molar-refractivity contribution is -0.165. The molecule has 1 amide bonds. The van der Waals surface area contributed by atoms with Gasteiger partial charge in [-0.2, -0.15) is 13.2 Å². The van der Waals surface area contributed by atoms with E-state index in [-0.39, 0.29) is 38.4 Å². The Balaban J connectivity index is 0.00000562. The molecule has 0 spiro atoms. The van der Waals surface area contributed by atoms with Crippen LogP contribution in [0.25, 0.3) is 0 Å². The maximum Gasteiger partial charge on any atom is 0.406 e. The van der Waals surface area contributed by atoms with Crippen molar-refractivity contribution >= 4 is 30.2 Å². The number of alkyl halides is 3. The van der Waals surface area contributed by atoms with E-state index in [1.807, 2.05) is 12.3 Å². The van der Waals surface area contributed by atoms with Gasteiger partial charge in [0.2, 0.25) is 11.9 Å². The van der Waals surface area contributed by atoms with Crippen LogP contribution < -0.4 is 10.1 Å². The largest absolute Gasteiger partial charge is 0.493 e. The monoisotopic (exact) mass is 718 g/mol. The molecule has 1 N–H and O–H groups in total. The van der Waals surface area contributed by atoms with Gasteiger partial charge in [-0.1, -0.05) is 74.9 Å². The molecule has 274 valence electrons. The van der Waals surface area contributed by atoms with E-state index in [2.05, 4.69) is 39.1 Å². The minimum Gasteiger partial charge on any atom is -0.493 e. The number of aromatic nitrogens is 2. The van der Waals surface area contributed by atoms with Crippen LogP contribution in [0.3, 0.4) is 0 Å². The molecule has 3 heterocycles. The van der Waals surface area contributed by atoms with Gasteiger partial charge in [0.15, 0.2) is 0 Å². The lowest BCUT2D eigenvalue weighted by Gasteiger charge is -2.25. The van der Waals surface area contributed by atoms with Crippen LogP contribution in [-0.4, -0.2) is 58.8 Å². The fourth-order valence-electron chi connectivity index (χ4n) is 6.65. The first kappa shape index (κ1) is 39.1. The van der Waals surface area contributed by atoms with E-state index in [4.69, 9.17) is 9.47 Å². The third kappa shape index (κ3) is 12.5. The minimum absolute atomic E-state index is 0. The Labute approximate surface area is 299 Å². The van der Waals surface area contributed by atoms with Crippen molar-refractivity contribution in [3.63, 3.8) is 0 Å². The number of benzene rings is 2. The zero-order valence-corrected chi connectivity index (χ0v) is 29.5. The van der Waals surface area contributed by atoms with Gasteiger partial charge in [-0.25, -0.2) is 4.98 Å². The van der Waals surface area contributed by atoms with Crippen LogP contribution in [0.5, 0.6) is 5.75 Å². The zero-order chi connectivity index (χ0) is 34.5. The number of carbonyl (C=O) groups is 2. The van der Waals surface area contributed by atoms with Gasteiger partial charge in [-0.05, 0) is 60.9 Å². The van der Waals surface area contributed by atoms with Gasteiger partial charge in [0, 0.05) is 32.3 Å². The van der Waals surface area contributed by atoms with E-state index in [1.54, 1.807) is 18.2 Å². The standard InChI is InChI=1S/C38H49F3N4O4.ClH/c39-38(40,41)28-45-26-32-24-34(48-22-18-33-27-44-20-12-19-42-37(44)43-33)17-16-30(32)23-31(36(45)47)25-35(46)49-21-11-6-4-2-1-3-5-8-13-29-14-9-7-10-15-29;/h7,9-10,14-17,24,27,31H,1-6,8,11-13,18-23,25-26,28H2,(H,42,43);1H/t31-;/m0./s1. The average Bonchev–Trinajstić information content (AvgIpc) is 3.45. The number of halogens is 4. The summed E-state index contributed by atoms with van der Waals surface area (Å²) in [6.45, 7) is 0.831. The van der Waals surface area contributed by atoms with E-state index in [0.717, 1.165) is 73.7 Å². The molecule has 0 aliphatic carbocycles. The first-order valence-electron chi connectivity index (χ1n) is 17.8. The first-order valence-corrected chi connectivity index (χ1v) is 17.8. The van der Waals surface area contributed by atoms with Crippen LogP contribution in [-0.2, 0) is 46.7 Å². The number of anilines is 1.